The van der Waals surface area contributed by atoms with Crippen molar-refractivity contribution in [1.29, 1.82) is 0 Å². The number of halogens is 1. The van der Waals surface area contributed by atoms with Gasteiger partial charge in [0.1, 0.15) is 5.82 Å². The number of benzene rings is 1. The maximum atomic E-state index is 13.9. The predicted molar refractivity (Wildman–Crippen MR) is 107 cm³/mol. The van der Waals surface area contributed by atoms with Gasteiger partial charge < -0.3 is 10.1 Å². The summed E-state index contributed by atoms with van der Waals surface area (Å²) >= 11 is 0. The van der Waals surface area contributed by atoms with Gasteiger partial charge in [0.2, 0.25) is 5.88 Å². The van der Waals surface area contributed by atoms with Crippen LogP contribution in [-0.2, 0) is 17.8 Å². The molecule has 28 heavy (non-hydrogen) atoms. The quantitative estimate of drug-likeness (QED) is 0.804. The van der Waals surface area contributed by atoms with Crippen LogP contribution in [0.4, 0.5) is 9.18 Å². The zero-order valence-corrected chi connectivity index (χ0v) is 15.0. The van der Waals surface area contributed by atoms with Crippen LogP contribution in [0.25, 0.3) is 0 Å². The Morgan fingerprint density at radius 1 is 1.04 bits per heavy atom. The molecule has 2 heterocycles. The summed E-state index contributed by atoms with van der Waals surface area (Å²) in [6.07, 6.45) is 17.7. The maximum Gasteiger partial charge on any atom is 0.417 e. The third kappa shape index (κ3) is 5.38. The molecule has 1 N–H and O–H groups in total. The molecule has 2 aliphatic rings. The van der Waals surface area contributed by atoms with Gasteiger partial charge in [0.15, 0.2) is 0 Å². The number of carbonyl (C=O) groups excluding carboxylic acids is 1. The molecule has 0 radical (unpaired) electrons. The Kier molecular flexibility index (Phi) is 6.67. The number of fused-ring (bicyclic) bond motifs is 1. The number of nitrogens with one attached hydrogen (secondary N) is 1. The van der Waals surface area contributed by atoms with Gasteiger partial charge in [-0.25, -0.2) is 9.18 Å². The molecule has 0 saturated heterocycles. The van der Waals surface area contributed by atoms with Crippen LogP contribution in [0.5, 0.6) is 0 Å². The van der Waals surface area contributed by atoms with Crippen molar-refractivity contribution in [2.24, 2.45) is 9.98 Å². The highest BCUT2D eigenvalue weighted by Crippen LogP contribution is 2.25. The second-order valence-electron chi connectivity index (χ2n) is 5.80. The summed E-state index contributed by atoms with van der Waals surface area (Å²) in [6.45, 7) is 0.471. The van der Waals surface area contributed by atoms with Crippen molar-refractivity contribution in [2.75, 3.05) is 0 Å². The van der Waals surface area contributed by atoms with E-state index in [-0.39, 0.29) is 18.2 Å². The molecule has 0 saturated carbocycles. The summed E-state index contributed by atoms with van der Waals surface area (Å²) in [7, 11) is 0. The standard InChI is InChI=1S/C21H19FN4O2/c22-19-8-6-7-17-15-26(16-18(17)19)21(27)28-20-9-12-23-10-4-2-1-3-5-11-24-13-14-25-20/h1-14,25H,15-16H2. The summed E-state index contributed by atoms with van der Waals surface area (Å²) in [6, 6.07) is 4.82. The number of aliphatic imine (C=N–C) groups is 2. The molecule has 1 aromatic rings. The smallest absolute Gasteiger partial charge is 0.393 e. The molecule has 0 fully saturated rings. The first kappa shape index (κ1) is 19.0. The van der Waals surface area contributed by atoms with Crippen LogP contribution < -0.4 is 5.32 Å². The van der Waals surface area contributed by atoms with E-state index in [9.17, 15) is 9.18 Å². The van der Waals surface area contributed by atoms with Gasteiger partial charge in [0.25, 0.3) is 0 Å². The van der Waals surface area contributed by atoms with Crippen LogP contribution in [-0.4, -0.2) is 23.4 Å². The molecule has 2 aliphatic heterocycles. The third-order valence-electron chi connectivity index (χ3n) is 3.87. The average molecular weight is 378 g/mol. The van der Waals surface area contributed by atoms with Crippen LogP contribution in [0.1, 0.15) is 11.1 Å². The van der Waals surface area contributed by atoms with Gasteiger partial charge in [-0.1, -0.05) is 30.4 Å². The Hall–Kier alpha value is -3.74. The number of allylic oxidation sites excluding steroid dienone is 6. The molecule has 3 rings (SSSR count). The first-order chi connectivity index (χ1) is 13.7. The molecule has 0 aliphatic carbocycles. The number of amides is 1. The first-order valence-corrected chi connectivity index (χ1v) is 8.64. The monoisotopic (exact) mass is 378 g/mol. The fourth-order valence-electron chi connectivity index (χ4n) is 2.54. The molecule has 0 unspecified atom stereocenters. The summed E-state index contributed by atoms with van der Waals surface area (Å²) in [5, 5.41) is 2.84. The largest absolute Gasteiger partial charge is 0.417 e. The molecule has 1 amide bonds. The molecule has 142 valence electrons. The Morgan fingerprint density at radius 3 is 2.75 bits per heavy atom. The second-order valence-corrected chi connectivity index (χ2v) is 5.80. The van der Waals surface area contributed by atoms with E-state index in [0.29, 0.717) is 12.1 Å². The molecule has 0 aromatic heterocycles. The maximum absolute atomic E-state index is 13.9. The number of hydrogen-bond acceptors (Lipinski definition) is 5. The van der Waals surface area contributed by atoms with E-state index < -0.39 is 6.09 Å². The highest BCUT2D eigenvalue weighted by Gasteiger charge is 2.27. The lowest BCUT2D eigenvalue weighted by atomic mass is 10.1. The first-order valence-electron chi connectivity index (χ1n) is 8.64. The van der Waals surface area contributed by atoms with Gasteiger partial charge in [0, 0.05) is 49.2 Å². The molecule has 7 heteroatoms. The number of nitrogens with zero attached hydrogens (tertiary/aromatic N) is 3. The molecule has 6 nitrogen and oxygen atoms in total. The van der Waals surface area contributed by atoms with E-state index in [2.05, 4.69) is 15.3 Å². The zero-order valence-electron chi connectivity index (χ0n) is 15.0. The van der Waals surface area contributed by atoms with Crippen LogP contribution in [0, 0.1) is 5.82 Å². The van der Waals surface area contributed by atoms with Crippen molar-refractivity contribution in [3.05, 3.63) is 96.1 Å². The highest BCUT2D eigenvalue weighted by molar-refractivity contribution is 5.75. The fourth-order valence-corrected chi connectivity index (χ4v) is 2.54. The van der Waals surface area contributed by atoms with Gasteiger partial charge >= 0.3 is 6.09 Å². The third-order valence-corrected chi connectivity index (χ3v) is 3.87. The number of rotatable bonds is 1. The van der Waals surface area contributed by atoms with E-state index in [4.69, 9.17) is 4.74 Å². The van der Waals surface area contributed by atoms with Gasteiger partial charge in [0.05, 0.1) is 6.54 Å². The van der Waals surface area contributed by atoms with Crippen LogP contribution in [0.15, 0.2) is 89.1 Å². The minimum Gasteiger partial charge on any atom is -0.393 e. The highest BCUT2D eigenvalue weighted by atomic mass is 19.1. The topological polar surface area (TPSA) is 66.3 Å². The minimum absolute atomic E-state index is 0.170. The Balaban J connectivity index is 1.69. The van der Waals surface area contributed by atoms with E-state index in [0.717, 1.165) is 5.56 Å². The number of carbonyl (C=O) groups is 1. The second kappa shape index (κ2) is 9.82. The lowest BCUT2D eigenvalue weighted by molar-refractivity contribution is 0.124. The molecule has 0 bridgehead atoms. The fraction of sp³-hybridized carbons (Fsp3) is 0.0952. The number of hydrogen-bond donors (Lipinski definition) is 1. The van der Waals surface area contributed by atoms with Crippen LogP contribution in [0.2, 0.25) is 0 Å². The van der Waals surface area contributed by atoms with Gasteiger partial charge in [-0.15, -0.1) is 0 Å². The van der Waals surface area contributed by atoms with Crippen molar-refractivity contribution in [3.8, 4) is 0 Å². The van der Waals surface area contributed by atoms with E-state index in [1.165, 1.54) is 35.7 Å². The van der Waals surface area contributed by atoms with E-state index >= 15 is 0 Å². The van der Waals surface area contributed by atoms with Crippen molar-refractivity contribution < 1.29 is 13.9 Å². The Morgan fingerprint density at radius 2 is 1.86 bits per heavy atom. The lowest BCUT2D eigenvalue weighted by Gasteiger charge is -2.16. The minimum atomic E-state index is -0.584. The SMILES string of the molecule is O=C(OC1=CC=NC=CC=CC=CC=NC=CN1)N1Cc2cccc(F)c2C1. The van der Waals surface area contributed by atoms with Crippen LogP contribution >= 0.6 is 0 Å². The van der Waals surface area contributed by atoms with E-state index in [1.807, 2.05) is 18.2 Å². The summed E-state index contributed by atoms with van der Waals surface area (Å²) in [5.41, 5.74) is 1.30. The normalized spacial score (nSPS) is 16.2. The zero-order chi connectivity index (χ0) is 19.6. The van der Waals surface area contributed by atoms with E-state index in [1.54, 1.807) is 36.7 Å². The van der Waals surface area contributed by atoms with Crippen molar-refractivity contribution in [2.45, 2.75) is 13.1 Å². The van der Waals surface area contributed by atoms with Crippen molar-refractivity contribution >= 4 is 18.5 Å². The Labute approximate surface area is 162 Å². The summed E-state index contributed by atoms with van der Waals surface area (Å²) < 4.78 is 19.3. The molecular weight excluding hydrogens is 359 g/mol. The molecular formula is C21H19FN4O2. The lowest BCUT2D eigenvalue weighted by Crippen LogP contribution is -2.28. The molecule has 1 aromatic carbocycles. The van der Waals surface area contributed by atoms with Crippen molar-refractivity contribution in [1.82, 2.24) is 10.2 Å². The molecule has 0 atom stereocenters. The molecule has 0 spiro atoms. The van der Waals surface area contributed by atoms with Gasteiger partial charge in [-0.05, 0) is 23.8 Å². The summed E-state index contributed by atoms with van der Waals surface area (Å²) in [5.74, 6) is -0.146. The average Bonchev–Trinajstić information content (AvgIpc) is 3.12. The summed E-state index contributed by atoms with van der Waals surface area (Å²) in [4.78, 5) is 22.0. The number of ether oxygens (including phenoxy) is 1. The van der Waals surface area contributed by atoms with Crippen LogP contribution in [0.3, 0.4) is 0 Å². The van der Waals surface area contributed by atoms with Gasteiger partial charge in [-0.3, -0.25) is 14.9 Å². The van der Waals surface area contributed by atoms with Crippen molar-refractivity contribution in [3.63, 3.8) is 0 Å². The Bertz CT molecular complexity index is 926. The van der Waals surface area contributed by atoms with Gasteiger partial charge in [-0.2, -0.15) is 0 Å². The predicted octanol–water partition coefficient (Wildman–Crippen LogP) is 3.96.